The van der Waals surface area contributed by atoms with Gasteiger partial charge in [-0.1, -0.05) is 12.1 Å². The number of amides is 1. The standard InChI is InChI=1S/C20H26N4O3S2/c1-16-17(14-24-9-11-28-12-10-24)5-3-7-19(16)22-20(25)15-23(2)29(26,27)18-6-4-8-21-13-18/h3-8,13H,9-12,14-15H2,1-2H3,(H,22,25). The van der Waals surface area contributed by atoms with Crippen LogP contribution in [-0.2, 0) is 21.4 Å². The molecule has 0 radical (unpaired) electrons. The molecule has 1 N–H and O–H groups in total. The predicted molar refractivity (Wildman–Crippen MR) is 116 cm³/mol. The van der Waals surface area contributed by atoms with Gasteiger partial charge in [-0.3, -0.25) is 14.7 Å². The highest BCUT2D eigenvalue weighted by Gasteiger charge is 2.23. The number of nitrogens with zero attached hydrogens (tertiary/aromatic N) is 3. The summed E-state index contributed by atoms with van der Waals surface area (Å²) in [6, 6.07) is 8.86. The number of benzene rings is 1. The van der Waals surface area contributed by atoms with E-state index in [2.05, 4.69) is 21.3 Å². The van der Waals surface area contributed by atoms with Crippen LogP contribution in [0.25, 0.3) is 0 Å². The van der Waals surface area contributed by atoms with E-state index in [-0.39, 0.29) is 17.3 Å². The number of thioether (sulfide) groups is 1. The summed E-state index contributed by atoms with van der Waals surface area (Å²) in [6.07, 6.45) is 2.78. The van der Waals surface area contributed by atoms with E-state index in [1.165, 1.54) is 31.1 Å². The van der Waals surface area contributed by atoms with Crippen LogP contribution in [0.15, 0.2) is 47.6 Å². The Bertz CT molecular complexity index is 945. The van der Waals surface area contributed by atoms with E-state index in [0.717, 1.165) is 41.0 Å². The minimum atomic E-state index is -3.76. The molecule has 2 heterocycles. The minimum absolute atomic E-state index is 0.0631. The Labute approximate surface area is 176 Å². The van der Waals surface area contributed by atoms with Crippen molar-refractivity contribution in [3.8, 4) is 0 Å². The maximum atomic E-state index is 12.6. The lowest BCUT2D eigenvalue weighted by Gasteiger charge is -2.27. The number of sulfonamides is 1. The number of nitrogens with one attached hydrogen (secondary N) is 1. The first kappa shape index (κ1) is 21.8. The number of hydrogen-bond acceptors (Lipinski definition) is 6. The van der Waals surface area contributed by atoms with E-state index < -0.39 is 10.0 Å². The average Bonchev–Trinajstić information content (AvgIpc) is 2.72. The first-order chi connectivity index (χ1) is 13.9. The second-order valence-electron chi connectivity index (χ2n) is 6.98. The smallest absolute Gasteiger partial charge is 0.244 e. The van der Waals surface area contributed by atoms with E-state index in [1.807, 2.05) is 30.8 Å². The molecule has 1 aliphatic rings. The molecule has 2 aromatic rings. The third-order valence-electron chi connectivity index (χ3n) is 4.93. The highest BCUT2D eigenvalue weighted by molar-refractivity contribution is 7.99. The molecule has 1 aromatic heterocycles. The normalized spacial score (nSPS) is 15.4. The lowest BCUT2D eigenvalue weighted by atomic mass is 10.1. The average molecular weight is 435 g/mol. The Morgan fingerprint density at radius 1 is 1.24 bits per heavy atom. The van der Waals surface area contributed by atoms with Gasteiger partial charge in [-0.25, -0.2) is 8.42 Å². The lowest BCUT2D eigenvalue weighted by molar-refractivity contribution is -0.116. The second kappa shape index (κ2) is 9.71. The highest BCUT2D eigenvalue weighted by atomic mass is 32.2. The van der Waals surface area contributed by atoms with Crippen molar-refractivity contribution in [2.24, 2.45) is 0 Å². The van der Waals surface area contributed by atoms with Gasteiger partial charge >= 0.3 is 0 Å². The second-order valence-corrected chi connectivity index (χ2v) is 10.2. The Morgan fingerprint density at radius 3 is 2.69 bits per heavy atom. The highest BCUT2D eigenvalue weighted by Crippen LogP contribution is 2.22. The number of rotatable bonds is 7. The lowest BCUT2D eigenvalue weighted by Crippen LogP contribution is -2.35. The third-order valence-corrected chi connectivity index (χ3v) is 7.66. The summed E-state index contributed by atoms with van der Waals surface area (Å²) < 4.78 is 26.2. The molecule has 0 saturated carbocycles. The third kappa shape index (κ3) is 5.57. The van der Waals surface area contributed by atoms with Crippen LogP contribution in [0.2, 0.25) is 0 Å². The molecule has 1 amide bonds. The fraction of sp³-hybridized carbons (Fsp3) is 0.400. The molecule has 0 aliphatic carbocycles. The van der Waals surface area contributed by atoms with Gasteiger partial charge in [0, 0.05) is 56.3 Å². The van der Waals surface area contributed by atoms with Gasteiger partial charge in [-0.2, -0.15) is 16.1 Å². The van der Waals surface area contributed by atoms with E-state index >= 15 is 0 Å². The molecule has 29 heavy (non-hydrogen) atoms. The Balaban J connectivity index is 1.65. The van der Waals surface area contributed by atoms with E-state index in [4.69, 9.17) is 0 Å². The molecular weight excluding hydrogens is 408 g/mol. The van der Waals surface area contributed by atoms with Gasteiger partial charge < -0.3 is 5.32 Å². The van der Waals surface area contributed by atoms with Crippen LogP contribution in [0.4, 0.5) is 5.69 Å². The summed E-state index contributed by atoms with van der Waals surface area (Å²) in [7, 11) is -2.37. The van der Waals surface area contributed by atoms with Crippen molar-refractivity contribution in [1.29, 1.82) is 0 Å². The summed E-state index contributed by atoms with van der Waals surface area (Å²) in [5, 5.41) is 2.86. The first-order valence-electron chi connectivity index (χ1n) is 9.43. The number of carbonyl (C=O) groups is 1. The van der Waals surface area contributed by atoms with E-state index in [1.54, 1.807) is 6.07 Å². The molecule has 0 unspecified atom stereocenters. The zero-order valence-electron chi connectivity index (χ0n) is 16.7. The van der Waals surface area contributed by atoms with Crippen LogP contribution in [0.1, 0.15) is 11.1 Å². The predicted octanol–water partition coefficient (Wildman–Crippen LogP) is 2.20. The molecule has 1 aliphatic heterocycles. The Kier molecular flexibility index (Phi) is 7.28. The molecule has 1 saturated heterocycles. The monoisotopic (exact) mass is 434 g/mol. The summed E-state index contributed by atoms with van der Waals surface area (Å²) in [6.45, 7) is 4.70. The number of pyridine rings is 1. The van der Waals surface area contributed by atoms with Crippen molar-refractivity contribution >= 4 is 33.4 Å². The summed E-state index contributed by atoms with van der Waals surface area (Å²) in [4.78, 5) is 18.8. The molecular formula is C20H26N4O3S2. The number of hydrogen-bond donors (Lipinski definition) is 1. The molecule has 9 heteroatoms. The minimum Gasteiger partial charge on any atom is -0.325 e. The number of anilines is 1. The van der Waals surface area contributed by atoms with E-state index in [9.17, 15) is 13.2 Å². The fourth-order valence-corrected chi connectivity index (χ4v) is 5.22. The van der Waals surface area contributed by atoms with Gasteiger partial charge in [0.2, 0.25) is 15.9 Å². The molecule has 1 aromatic carbocycles. The summed E-state index contributed by atoms with van der Waals surface area (Å²) in [5.41, 5.74) is 2.90. The number of aromatic nitrogens is 1. The first-order valence-corrected chi connectivity index (χ1v) is 12.0. The SMILES string of the molecule is Cc1c(CN2CCSCC2)cccc1NC(=O)CN(C)S(=O)(=O)c1cccnc1. The molecule has 0 atom stereocenters. The molecule has 156 valence electrons. The van der Waals surface area contributed by atoms with Crippen molar-refractivity contribution in [3.05, 3.63) is 53.9 Å². The van der Waals surface area contributed by atoms with Crippen molar-refractivity contribution in [2.75, 3.05) is 43.5 Å². The number of likely N-dealkylation sites (N-methyl/N-ethyl adjacent to an activating group) is 1. The van der Waals surface area contributed by atoms with Gasteiger partial charge in [-0.15, -0.1) is 0 Å². The van der Waals surface area contributed by atoms with Crippen molar-refractivity contribution < 1.29 is 13.2 Å². The molecule has 0 bridgehead atoms. The van der Waals surface area contributed by atoms with Crippen LogP contribution < -0.4 is 5.32 Å². The van der Waals surface area contributed by atoms with Crippen LogP contribution >= 0.6 is 11.8 Å². The van der Waals surface area contributed by atoms with Crippen molar-refractivity contribution in [3.63, 3.8) is 0 Å². The zero-order chi connectivity index (χ0) is 20.9. The van der Waals surface area contributed by atoms with Crippen molar-refractivity contribution in [2.45, 2.75) is 18.4 Å². The number of carbonyl (C=O) groups excluding carboxylic acids is 1. The maximum absolute atomic E-state index is 12.6. The summed E-state index contributed by atoms with van der Waals surface area (Å²) in [5.74, 6) is 1.91. The van der Waals surface area contributed by atoms with Crippen molar-refractivity contribution in [1.82, 2.24) is 14.2 Å². The zero-order valence-corrected chi connectivity index (χ0v) is 18.3. The van der Waals surface area contributed by atoms with E-state index in [0.29, 0.717) is 5.69 Å². The quantitative estimate of drug-likeness (QED) is 0.719. The van der Waals surface area contributed by atoms with Gasteiger partial charge in [0.25, 0.3) is 0 Å². The fourth-order valence-electron chi connectivity index (χ4n) is 3.15. The molecule has 7 nitrogen and oxygen atoms in total. The Hall–Kier alpha value is -1.94. The topological polar surface area (TPSA) is 82.6 Å². The molecule has 1 fully saturated rings. The van der Waals surface area contributed by atoms with Crippen LogP contribution in [0, 0.1) is 6.92 Å². The van der Waals surface area contributed by atoms with Crippen LogP contribution in [-0.4, -0.2) is 66.7 Å². The van der Waals surface area contributed by atoms with Gasteiger partial charge in [0.15, 0.2) is 0 Å². The summed E-state index contributed by atoms with van der Waals surface area (Å²) >= 11 is 1.97. The molecule has 0 spiro atoms. The van der Waals surface area contributed by atoms with Crippen LogP contribution in [0.5, 0.6) is 0 Å². The van der Waals surface area contributed by atoms with Gasteiger partial charge in [-0.05, 0) is 36.2 Å². The Morgan fingerprint density at radius 2 is 2.00 bits per heavy atom. The van der Waals surface area contributed by atoms with Crippen LogP contribution in [0.3, 0.4) is 0 Å². The van der Waals surface area contributed by atoms with Gasteiger partial charge in [0.05, 0.1) is 6.54 Å². The maximum Gasteiger partial charge on any atom is 0.244 e. The largest absolute Gasteiger partial charge is 0.325 e. The molecule has 3 rings (SSSR count). The van der Waals surface area contributed by atoms with Gasteiger partial charge in [0.1, 0.15) is 4.90 Å².